The highest BCUT2D eigenvalue weighted by molar-refractivity contribution is 5.95. The van der Waals surface area contributed by atoms with Crippen LogP contribution in [0.25, 0.3) is 16.6 Å². The lowest BCUT2D eigenvalue weighted by molar-refractivity contribution is 0.146. The van der Waals surface area contributed by atoms with Crippen molar-refractivity contribution in [3.05, 3.63) is 36.0 Å². The molecule has 2 aliphatic heterocycles. The van der Waals surface area contributed by atoms with Crippen LogP contribution in [0.5, 0.6) is 5.88 Å². The Morgan fingerprint density at radius 3 is 2.94 bits per heavy atom. The van der Waals surface area contributed by atoms with E-state index >= 15 is 4.39 Å². The number of ether oxygens (including phenoxy) is 1. The number of alkyl halides is 1. The van der Waals surface area contributed by atoms with Crippen molar-refractivity contribution in [2.75, 3.05) is 27.2 Å². The molecule has 32 heavy (non-hydrogen) atoms. The summed E-state index contributed by atoms with van der Waals surface area (Å²) >= 11 is 0. The van der Waals surface area contributed by atoms with Crippen LogP contribution in [-0.2, 0) is 0 Å². The van der Waals surface area contributed by atoms with E-state index in [1.807, 2.05) is 50.2 Å². The number of benzene rings is 1. The van der Waals surface area contributed by atoms with Crippen molar-refractivity contribution in [1.82, 2.24) is 19.5 Å². The number of hydrogen-bond acceptors (Lipinski definition) is 7. The number of fused-ring (bicyclic) bond motifs is 2. The van der Waals surface area contributed by atoms with E-state index in [0.29, 0.717) is 31.0 Å². The maximum absolute atomic E-state index is 15.5. The fourth-order valence-electron chi connectivity index (χ4n) is 4.47. The molecule has 0 bridgehead atoms. The van der Waals surface area contributed by atoms with Crippen LogP contribution in [0.3, 0.4) is 0 Å². The Hall–Kier alpha value is -3.20. The first-order valence-corrected chi connectivity index (χ1v) is 10.9. The number of hydrogen-bond donors (Lipinski definition) is 0. The van der Waals surface area contributed by atoms with Gasteiger partial charge in [0, 0.05) is 36.8 Å². The molecule has 9 heteroatoms. The van der Waals surface area contributed by atoms with Crippen LogP contribution >= 0.6 is 0 Å². The van der Waals surface area contributed by atoms with Crippen molar-refractivity contribution in [3.63, 3.8) is 0 Å². The third-order valence-corrected chi connectivity index (χ3v) is 6.35. The zero-order valence-corrected chi connectivity index (χ0v) is 18.7. The van der Waals surface area contributed by atoms with Crippen molar-refractivity contribution in [2.45, 2.75) is 38.4 Å². The molecule has 1 saturated heterocycles. The van der Waals surface area contributed by atoms with Crippen LogP contribution in [0.15, 0.2) is 45.7 Å². The van der Waals surface area contributed by atoms with Crippen LogP contribution in [0.2, 0.25) is 0 Å². The fourth-order valence-corrected chi connectivity index (χ4v) is 4.47. The van der Waals surface area contributed by atoms with Gasteiger partial charge in [-0.3, -0.25) is 0 Å². The van der Waals surface area contributed by atoms with Gasteiger partial charge in [0.15, 0.2) is 5.67 Å². The Morgan fingerprint density at radius 1 is 1.31 bits per heavy atom. The van der Waals surface area contributed by atoms with Crippen molar-refractivity contribution < 1.29 is 9.13 Å². The molecule has 0 N–H and O–H groups in total. The van der Waals surface area contributed by atoms with Gasteiger partial charge in [-0.05, 0) is 44.2 Å². The van der Waals surface area contributed by atoms with Crippen LogP contribution in [0.1, 0.15) is 38.3 Å². The van der Waals surface area contributed by atoms with Gasteiger partial charge in [-0.15, -0.1) is 5.10 Å². The summed E-state index contributed by atoms with van der Waals surface area (Å²) in [6, 6.07) is 8.09. The van der Waals surface area contributed by atoms with Crippen molar-refractivity contribution >= 4 is 22.9 Å². The highest BCUT2D eigenvalue weighted by Gasteiger charge is 2.39. The minimum absolute atomic E-state index is 0.0356. The minimum atomic E-state index is -1.47. The van der Waals surface area contributed by atoms with Crippen LogP contribution < -0.4 is 4.74 Å². The van der Waals surface area contributed by atoms with Gasteiger partial charge in [-0.2, -0.15) is 15.2 Å². The number of rotatable bonds is 4. The lowest BCUT2D eigenvalue weighted by atomic mass is 9.90. The molecule has 1 fully saturated rings. The normalized spacial score (nSPS) is 24.4. The van der Waals surface area contributed by atoms with Gasteiger partial charge in [0.1, 0.15) is 5.52 Å². The summed E-state index contributed by atoms with van der Waals surface area (Å²) < 4.78 is 22.8. The Morgan fingerprint density at radius 2 is 2.16 bits per heavy atom. The summed E-state index contributed by atoms with van der Waals surface area (Å²) in [5, 5.41) is 13.0. The number of nitrogens with zero attached hydrogens (tertiary/aromatic N) is 7. The molecule has 8 nitrogen and oxygen atoms in total. The molecule has 0 amide bonds. The molecule has 0 saturated carbocycles. The summed E-state index contributed by atoms with van der Waals surface area (Å²) in [6.07, 6.45) is 2.75. The Bertz CT molecular complexity index is 1250. The number of methoxy groups -OCH3 is 1. The van der Waals surface area contributed by atoms with Gasteiger partial charge in [0.2, 0.25) is 5.88 Å². The number of piperidine rings is 1. The van der Waals surface area contributed by atoms with Gasteiger partial charge >= 0.3 is 0 Å². The second-order valence-electron chi connectivity index (χ2n) is 8.47. The highest BCUT2D eigenvalue weighted by Crippen LogP contribution is 2.40. The third kappa shape index (κ3) is 3.37. The number of aromatic nitrogens is 3. The summed E-state index contributed by atoms with van der Waals surface area (Å²) in [5.41, 5.74) is 3.69. The summed E-state index contributed by atoms with van der Waals surface area (Å²) in [4.78, 5) is 11.1. The van der Waals surface area contributed by atoms with E-state index in [1.165, 1.54) is 0 Å². The smallest absolute Gasteiger partial charge is 0.270 e. The van der Waals surface area contributed by atoms with Crippen LogP contribution in [-0.4, -0.2) is 58.1 Å². The summed E-state index contributed by atoms with van der Waals surface area (Å²) in [6.45, 7) is 4.95. The average molecular weight is 436 g/mol. The standard InChI is InChI=1S/C23H26FN7O/c1-5-23(24)13-30(3)10-9-19(23)25-22-26-21(32-4)20-16(8-11-31(20)29-22)15-6-7-18-17(12-15)14(2)27-28-18/h6-8,11-12,14H,5,9-10,13H2,1-4H3/b25-19+. The molecular formula is C23H26FN7O. The molecule has 4 heterocycles. The van der Waals surface area contributed by atoms with Gasteiger partial charge in [-0.1, -0.05) is 13.0 Å². The van der Waals surface area contributed by atoms with Crippen molar-refractivity contribution in [3.8, 4) is 17.0 Å². The van der Waals surface area contributed by atoms with Gasteiger partial charge in [0.05, 0.1) is 24.6 Å². The SMILES string of the molecule is CCC1(F)CN(C)CC/C1=N\c1nc(OC)c2c(-c3ccc4c(c3)C(C)N=N4)ccn2n1. The molecule has 0 spiro atoms. The first-order chi connectivity index (χ1) is 15.4. The molecular weight excluding hydrogens is 409 g/mol. The third-order valence-electron chi connectivity index (χ3n) is 6.35. The minimum Gasteiger partial charge on any atom is -0.479 e. The first kappa shape index (κ1) is 20.7. The van der Waals surface area contributed by atoms with E-state index in [4.69, 9.17) is 4.74 Å². The highest BCUT2D eigenvalue weighted by atomic mass is 19.1. The summed E-state index contributed by atoms with van der Waals surface area (Å²) in [7, 11) is 3.50. The van der Waals surface area contributed by atoms with Crippen molar-refractivity contribution in [2.24, 2.45) is 15.2 Å². The topological polar surface area (TPSA) is 79.7 Å². The molecule has 0 aliphatic carbocycles. The molecule has 3 aromatic rings. The predicted octanol–water partition coefficient (Wildman–Crippen LogP) is 5.09. The summed E-state index contributed by atoms with van der Waals surface area (Å²) in [5.74, 6) is 0.600. The maximum Gasteiger partial charge on any atom is 0.270 e. The van der Waals surface area contributed by atoms with E-state index in [2.05, 4.69) is 31.4 Å². The Balaban J connectivity index is 1.58. The molecule has 1 aromatic carbocycles. The van der Waals surface area contributed by atoms with E-state index in [9.17, 15) is 0 Å². The van der Waals surface area contributed by atoms with Gasteiger partial charge < -0.3 is 9.64 Å². The number of halogens is 1. The lowest BCUT2D eigenvalue weighted by Crippen LogP contribution is -2.49. The quantitative estimate of drug-likeness (QED) is 0.572. The lowest BCUT2D eigenvalue weighted by Gasteiger charge is -2.35. The van der Waals surface area contributed by atoms with E-state index < -0.39 is 5.67 Å². The van der Waals surface area contributed by atoms with E-state index in [1.54, 1.807) is 11.6 Å². The maximum atomic E-state index is 15.5. The molecule has 2 atom stereocenters. The van der Waals surface area contributed by atoms with E-state index in [0.717, 1.165) is 34.4 Å². The largest absolute Gasteiger partial charge is 0.479 e. The van der Waals surface area contributed by atoms with Crippen LogP contribution in [0, 0.1) is 0 Å². The number of likely N-dealkylation sites (tertiary alicyclic amines) is 1. The molecule has 2 unspecified atom stereocenters. The molecule has 5 rings (SSSR count). The van der Waals surface area contributed by atoms with Gasteiger partial charge in [-0.25, -0.2) is 13.9 Å². The monoisotopic (exact) mass is 435 g/mol. The zero-order valence-electron chi connectivity index (χ0n) is 18.7. The molecule has 2 aromatic heterocycles. The molecule has 2 aliphatic rings. The van der Waals surface area contributed by atoms with Gasteiger partial charge in [0.25, 0.3) is 5.95 Å². The molecule has 166 valence electrons. The van der Waals surface area contributed by atoms with Crippen molar-refractivity contribution in [1.29, 1.82) is 0 Å². The van der Waals surface area contributed by atoms with Crippen LogP contribution in [0.4, 0.5) is 16.0 Å². The first-order valence-electron chi connectivity index (χ1n) is 10.9. The number of aliphatic imine (C=N–C) groups is 1. The number of azo groups is 1. The average Bonchev–Trinajstić information content (AvgIpc) is 3.38. The fraction of sp³-hybridized carbons (Fsp3) is 0.435. The Labute approximate surface area is 185 Å². The van der Waals surface area contributed by atoms with E-state index in [-0.39, 0.29) is 12.0 Å². The predicted molar refractivity (Wildman–Crippen MR) is 121 cm³/mol. The second kappa shape index (κ2) is 7.74. The Kier molecular flexibility index (Phi) is 5.00. The molecule has 0 radical (unpaired) electrons. The second-order valence-corrected chi connectivity index (χ2v) is 8.47. The zero-order chi connectivity index (χ0) is 22.5.